The molecule has 106 valence electrons. The second-order valence-electron chi connectivity index (χ2n) is 4.58. The fourth-order valence-electron chi connectivity index (χ4n) is 1.89. The topological polar surface area (TPSA) is 38.3 Å². The normalized spacial score (nSPS) is 9.43. The average molecular weight is 279 g/mol. The molecule has 0 radical (unpaired) electrons. The van der Waals surface area contributed by atoms with E-state index in [1.165, 1.54) is 0 Å². The van der Waals surface area contributed by atoms with Gasteiger partial charge in [0.1, 0.15) is 11.5 Å². The molecule has 1 N–H and O–H groups in total. The van der Waals surface area contributed by atoms with E-state index in [-0.39, 0.29) is 5.91 Å². The molecule has 0 spiro atoms. The van der Waals surface area contributed by atoms with Crippen LogP contribution in [0, 0.1) is 18.8 Å². The molecular formula is C18H17NO2. The van der Waals surface area contributed by atoms with E-state index in [1.54, 1.807) is 6.92 Å². The third kappa shape index (κ3) is 4.39. The fourth-order valence-corrected chi connectivity index (χ4v) is 1.89. The molecule has 21 heavy (non-hydrogen) atoms. The molecule has 0 aliphatic carbocycles. The van der Waals surface area contributed by atoms with Gasteiger partial charge in [-0.15, -0.1) is 0 Å². The van der Waals surface area contributed by atoms with Crippen molar-refractivity contribution in [3.05, 3.63) is 59.7 Å². The zero-order valence-corrected chi connectivity index (χ0v) is 12.1. The van der Waals surface area contributed by atoms with Gasteiger partial charge in [0.05, 0.1) is 0 Å². The number of rotatable bonds is 4. The molecule has 2 aromatic carbocycles. The van der Waals surface area contributed by atoms with E-state index in [9.17, 15) is 4.79 Å². The van der Waals surface area contributed by atoms with E-state index in [4.69, 9.17) is 4.74 Å². The van der Waals surface area contributed by atoms with Gasteiger partial charge in [-0.2, -0.15) is 0 Å². The highest BCUT2D eigenvalue weighted by atomic mass is 16.5. The molecule has 1 amide bonds. The molecule has 0 aliphatic rings. The zero-order valence-electron chi connectivity index (χ0n) is 12.1. The van der Waals surface area contributed by atoms with Crippen molar-refractivity contribution in [3.63, 3.8) is 0 Å². The van der Waals surface area contributed by atoms with Crippen LogP contribution in [0.1, 0.15) is 18.1 Å². The molecule has 0 saturated heterocycles. The first-order chi connectivity index (χ1) is 10.2. The number of carbonyl (C=O) groups is 1. The Balaban J connectivity index is 2.12. The van der Waals surface area contributed by atoms with Gasteiger partial charge in [-0.05, 0) is 43.5 Å². The predicted octanol–water partition coefficient (Wildman–Crippen LogP) is 3.43. The third-order valence-electron chi connectivity index (χ3n) is 2.87. The number of aryl methyl sites for hydroxylation is 1. The number of amides is 1. The lowest BCUT2D eigenvalue weighted by Gasteiger charge is -2.11. The second kappa shape index (κ2) is 7.16. The van der Waals surface area contributed by atoms with Gasteiger partial charge in [0.25, 0.3) is 5.91 Å². The average Bonchev–Trinajstić information content (AvgIpc) is 2.47. The Morgan fingerprint density at radius 1 is 1.19 bits per heavy atom. The molecule has 0 atom stereocenters. The van der Waals surface area contributed by atoms with E-state index >= 15 is 0 Å². The summed E-state index contributed by atoms with van der Waals surface area (Å²) in [6.45, 7) is 4.03. The highest BCUT2D eigenvalue weighted by Gasteiger charge is 2.05. The predicted molar refractivity (Wildman–Crippen MR) is 83.0 cm³/mol. The number of carbonyl (C=O) groups excluding carboxylic acids is 1. The quantitative estimate of drug-likeness (QED) is 0.871. The zero-order chi connectivity index (χ0) is 15.1. The lowest BCUT2D eigenvalue weighted by molar-refractivity contribution is -0.115. The maximum atomic E-state index is 11.4. The van der Waals surface area contributed by atoms with Crippen LogP contribution in [-0.2, 0) is 11.3 Å². The summed E-state index contributed by atoms with van der Waals surface area (Å²) in [5.41, 5.74) is 2.04. The molecule has 0 unspecified atom stereocenters. The van der Waals surface area contributed by atoms with Crippen LogP contribution in [0.3, 0.4) is 0 Å². The van der Waals surface area contributed by atoms with Crippen LogP contribution in [0.4, 0.5) is 0 Å². The van der Waals surface area contributed by atoms with Crippen molar-refractivity contribution in [1.29, 1.82) is 0 Å². The van der Waals surface area contributed by atoms with Crippen LogP contribution in [0.5, 0.6) is 11.5 Å². The minimum Gasteiger partial charge on any atom is -0.457 e. The Morgan fingerprint density at radius 3 is 2.76 bits per heavy atom. The number of hydrogen-bond acceptors (Lipinski definition) is 2. The maximum Gasteiger partial charge on any atom is 0.296 e. The van der Waals surface area contributed by atoms with E-state index < -0.39 is 0 Å². The molecule has 0 bridgehead atoms. The van der Waals surface area contributed by atoms with Crippen LogP contribution in [0.2, 0.25) is 0 Å². The van der Waals surface area contributed by atoms with Crippen molar-refractivity contribution < 1.29 is 9.53 Å². The summed E-state index contributed by atoms with van der Waals surface area (Å²) in [5.74, 6) is 6.24. The molecule has 3 heteroatoms. The summed E-state index contributed by atoms with van der Waals surface area (Å²) in [6, 6.07) is 15.5. The highest BCUT2D eigenvalue weighted by Crippen LogP contribution is 2.25. The Kier molecular flexibility index (Phi) is 5.00. The van der Waals surface area contributed by atoms with E-state index in [2.05, 4.69) is 17.2 Å². The van der Waals surface area contributed by atoms with Crippen LogP contribution in [0.15, 0.2) is 48.5 Å². The van der Waals surface area contributed by atoms with E-state index in [1.807, 2.05) is 55.5 Å². The monoisotopic (exact) mass is 279 g/mol. The van der Waals surface area contributed by atoms with Crippen molar-refractivity contribution in [2.24, 2.45) is 0 Å². The smallest absolute Gasteiger partial charge is 0.296 e. The molecule has 0 aromatic heterocycles. The summed E-state index contributed by atoms with van der Waals surface area (Å²) in [5, 5.41) is 2.74. The molecule has 0 saturated carbocycles. The Bertz CT molecular complexity index is 696. The standard InChI is InChI=1S/C18H17NO2/c1-3-7-18(20)19-13-15-9-4-5-11-17(15)21-16-10-6-8-14(2)12-16/h4-6,8-12H,13H2,1-2H3,(H,19,20). The first kappa shape index (κ1) is 14.7. The maximum absolute atomic E-state index is 11.4. The SMILES string of the molecule is CC#CC(=O)NCc1ccccc1Oc1cccc(C)c1. The first-order valence-electron chi connectivity index (χ1n) is 6.72. The number of benzene rings is 2. The summed E-state index contributed by atoms with van der Waals surface area (Å²) in [4.78, 5) is 11.4. The van der Waals surface area contributed by atoms with E-state index in [0.29, 0.717) is 6.54 Å². The molecule has 0 aliphatic heterocycles. The van der Waals surface area contributed by atoms with Crippen molar-refractivity contribution >= 4 is 5.91 Å². The lowest BCUT2D eigenvalue weighted by Crippen LogP contribution is -2.20. The molecule has 2 aromatic rings. The van der Waals surface area contributed by atoms with E-state index in [0.717, 1.165) is 22.6 Å². The minimum atomic E-state index is -0.289. The Morgan fingerprint density at radius 2 is 2.00 bits per heavy atom. The fraction of sp³-hybridized carbons (Fsp3) is 0.167. The molecular weight excluding hydrogens is 262 g/mol. The van der Waals surface area contributed by atoms with Gasteiger partial charge in [0, 0.05) is 12.1 Å². The summed E-state index contributed by atoms with van der Waals surface area (Å²) >= 11 is 0. The highest BCUT2D eigenvalue weighted by molar-refractivity contribution is 5.93. The summed E-state index contributed by atoms with van der Waals surface area (Å²) in [6.07, 6.45) is 0. The van der Waals surface area contributed by atoms with Gasteiger partial charge in [0.15, 0.2) is 0 Å². The molecule has 2 rings (SSSR count). The number of hydrogen-bond donors (Lipinski definition) is 1. The van der Waals surface area contributed by atoms with Crippen molar-refractivity contribution in [3.8, 4) is 23.3 Å². The minimum absolute atomic E-state index is 0.289. The van der Waals surface area contributed by atoms with Crippen LogP contribution >= 0.6 is 0 Å². The van der Waals surface area contributed by atoms with Gasteiger partial charge in [-0.1, -0.05) is 36.3 Å². The van der Waals surface area contributed by atoms with Crippen LogP contribution in [0.25, 0.3) is 0 Å². The van der Waals surface area contributed by atoms with Crippen molar-refractivity contribution in [2.75, 3.05) is 0 Å². The second-order valence-corrected chi connectivity index (χ2v) is 4.58. The van der Waals surface area contributed by atoms with Gasteiger partial charge >= 0.3 is 0 Å². The largest absolute Gasteiger partial charge is 0.457 e. The number of ether oxygens (including phenoxy) is 1. The number of nitrogens with one attached hydrogen (secondary N) is 1. The molecule has 0 heterocycles. The summed E-state index contributed by atoms with van der Waals surface area (Å²) in [7, 11) is 0. The van der Waals surface area contributed by atoms with Gasteiger partial charge < -0.3 is 10.1 Å². The van der Waals surface area contributed by atoms with Gasteiger partial charge in [-0.3, -0.25) is 4.79 Å². The Labute approximate surface area is 125 Å². The van der Waals surface area contributed by atoms with Crippen LogP contribution < -0.4 is 10.1 Å². The Hall–Kier alpha value is -2.73. The van der Waals surface area contributed by atoms with Crippen molar-refractivity contribution in [2.45, 2.75) is 20.4 Å². The van der Waals surface area contributed by atoms with Crippen LogP contribution in [-0.4, -0.2) is 5.91 Å². The molecule has 3 nitrogen and oxygen atoms in total. The molecule has 0 fully saturated rings. The van der Waals surface area contributed by atoms with Gasteiger partial charge in [0.2, 0.25) is 0 Å². The third-order valence-corrected chi connectivity index (χ3v) is 2.87. The summed E-state index contributed by atoms with van der Waals surface area (Å²) < 4.78 is 5.90. The van der Waals surface area contributed by atoms with Crippen molar-refractivity contribution in [1.82, 2.24) is 5.32 Å². The van der Waals surface area contributed by atoms with Gasteiger partial charge in [-0.25, -0.2) is 0 Å². The number of para-hydroxylation sites is 1. The lowest BCUT2D eigenvalue weighted by atomic mass is 10.2. The first-order valence-corrected chi connectivity index (χ1v) is 6.72.